The molecule has 0 unspecified atom stereocenters. The van der Waals surface area contributed by atoms with Crippen molar-refractivity contribution in [2.24, 2.45) is 5.41 Å². The van der Waals surface area contributed by atoms with E-state index in [0.29, 0.717) is 5.41 Å². The van der Waals surface area contributed by atoms with Gasteiger partial charge in [-0.3, -0.25) is 4.90 Å². The average Bonchev–Trinajstić information content (AvgIpc) is 2.84. The molecule has 2 heterocycles. The van der Waals surface area contributed by atoms with Crippen LogP contribution in [0.15, 0.2) is 22.7 Å². The fourth-order valence-electron chi connectivity index (χ4n) is 3.62. The lowest BCUT2D eigenvalue weighted by atomic mass is 9.78. The maximum Gasteiger partial charge on any atom is 0.124 e. The van der Waals surface area contributed by atoms with Crippen LogP contribution in [0.4, 0.5) is 0 Å². The third-order valence-corrected chi connectivity index (χ3v) is 5.32. The SMILES string of the molecule is COc1cc(Br)ccc1CN1CCC2(CCNCC2)C1. The zero-order valence-corrected chi connectivity index (χ0v) is 13.7. The molecule has 0 atom stereocenters. The fourth-order valence-corrected chi connectivity index (χ4v) is 3.96. The van der Waals surface area contributed by atoms with Gasteiger partial charge in [0.15, 0.2) is 0 Å². The molecule has 1 N–H and O–H groups in total. The van der Waals surface area contributed by atoms with Gasteiger partial charge in [-0.05, 0) is 56.4 Å². The summed E-state index contributed by atoms with van der Waals surface area (Å²) in [6.45, 7) is 5.85. The Balaban J connectivity index is 1.67. The molecule has 0 radical (unpaired) electrons. The normalized spacial score (nSPS) is 22.3. The van der Waals surface area contributed by atoms with Crippen molar-refractivity contribution in [3.8, 4) is 5.75 Å². The summed E-state index contributed by atoms with van der Waals surface area (Å²) in [6.07, 6.45) is 4.02. The molecule has 0 aliphatic carbocycles. The van der Waals surface area contributed by atoms with E-state index in [1.54, 1.807) is 7.11 Å². The maximum atomic E-state index is 5.51. The Hall–Kier alpha value is -0.580. The molecule has 2 fully saturated rings. The van der Waals surface area contributed by atoms with Crippen LogP contribution in [0, 0.1) is 5.41 Å². The molecule has 0 bridgehead atoms. The van der Waals surface area contributed by atoms with Gasteiger partial charge in [-0.15, -0.1) is 0 Å². The molecule has 3 nitrogen and oxygen atoms in total. The molecule has 2 saturated heterocycles. The summed E-state index contributed by atoms with van der Waals surface area (Å²) < 4.78 is 6.58. The summed E-state index contributed by atoms with van der Waals surface area (Å²) >= 11 is 3.51. The van der Waals surface area contributed by atoms with E-state index in [-0.39, 0.29) is 0 Å². The monoisotopic (exact) mass is 338 g/mol. The molecular formula is C16H23BrN2O. The number of hydrogen-bond donors (Lipinski definition) is 1. The summed E-state index contributed by atoms with van der Waals surface area (Å²) in [7, 11) is 1.75. The van der Waals surface area contributed by atoms with Gasteiger partial charge in [0.05, 0.1) is 7.11 Å². The zero-order valence-electron chi connectivity index (χ0n) is 12.1. The Kier molecular flexibility index (Phi) is 4.34. The van der Waals surface area contributed by atoms with Crippen molar-refractivity contribution in [1.29, 1.82) is 0 Å². The van der Waals surface area contributed by atoms with Gasteiger partial charge in [0.1, 0.15) is 5.75 Å². The fraction of sp³-hybridized carbons (Fsp3) is 0.625. The van der Waals surface area contributed by atoms with Crippen LogP contribution in [0.3, 0.4) is 0 Å². The van der Waals surface area contributed by atoms with Gasteiger partial charge in [0.2, 0.25) is 0 Å². The largest absolute Gasteiger partial charge is 0.496 e. The van der Waals surface area contributed by atoms with E-state index in [4.69, 9.17) is 4.74 Å². The quantitative estimate of drug-likeness (QED) is 0.916. The maximum absolute atomic E-state index is 5.51. The Labute approximate surface area is 129 Å². The van der Waals surface area contributed by atoms with Crippen LogP contribution in [0.2, 0.25) is 0 Å². The number of nitrogens with zero attached hydrogens (tertiary/aromatic N) is 1. The second-order valence-electron chi connectivity index (χ2n) is 6.17. The molecule has 2 aliphatic heterocycles. The van der Waals surface area contributed by atoms with Gasteiger partial charge < -0.3 is 10.1 Å². The number of hydrogen-bond acceptors (Lipinski definition) is 3. The minimum Gasteiger partial charge on any atom is -0.496 e. The summed E-state index contributed by atoms with van der Waals surface area (Å²) in [4.78, 5) is 2.59. The van der Waals surface area contributed by atoms with Crippen molar-refractivity contribution in [3.05, 3.63) is 28.2 Å². The first-order valence-electron chi connectivity index (χ1n) is 7.46. The Morgan fingerprint density at radius 3 is 2.85 bits per heavy atom. The number of likely N-dealkylation sites (tertiary alicyclic amines) is 1. The highest BCUT2D eigenvalue weighted by Gasteiger charge is 2.38. The van der Waals surface area contributed by atoms with E-state index in [1.165, 1.54) is 51.0 Å². The number of nitrogens with one attached hydrogen (secondary N) is 1. The number of halogens is 1. The van der Waals surface area contributed by atoms with Crippen molar-refractivity contribution in [2.75, 3.05) is 33.3 Å². The van der Waals surface area contributed by atoms with Crippen molar-refractivity contribution < 1.29 is 4.74 Å². The third-order valence-electron chi connectivity index (χ3n) is 4.82. The van der Waals surface area contributed by atoms with Crippen LogP contribution in [-0.2, 0) is 6.54 Å². The van der Waals surface area contributed by atoms with Gasteiger partial charge in [0.25, 0.3) is 0 Å². The summed E-state index contributed by atoms with van der Waals surface area (Å²) in [5, 5.41) is 3.48. The molecule has 4 heteroatoms. The van der Waals surface area contributed by atoms with E-state index in [0.717, 1.165) is 16.8 Å². The number of ether oxygens (including phenoxy) is 1. The molecule has 3 rings (SSSR count). The molecule has 0 aromatic heterocycles. The van der Waals surface area contributed by atoms with Gasteiger partial charge in [-0.2, -0.15) is 0 Å². The third kappa shape index (κ3) is 3.02. The van der Waals surface area contributed by atoms with Gasteiger partial charge in [0, 0.05) is 23.1 Å². The minimum atomic E-state index is 0.577. The highest BCUT2D eigenvalue weighted by atomic mass is 79.9. The first kappa shape index (κ1) is 14.4. The second-order valence-corrected chi connectivity index (χ2v) is 7.08. The van der Waals surface area contributed by atoms with Crippen LogP contribution in [0.25, 0.3) is 0 Å². The van der Waals surface area contributed by atoms with E-state index in [2.05, 4.69) is 44.3 Å². The van der Waals surface area contributed by atoms with Crippen LogP contribution in [-0.4, -0.2) is 38.2 Å². The summed E-state index contributed by atoms with van der Waals surface area (Å²) in [6, 6.07) is 6.34. The Bertz CT molecular complexity index is 472. The Morgan fingerprint density at radius 1 is 1.30 bits per heavy atom. The van der Waals surface area contributed by atoms with Crippen LogP contribution in [0.1, 0.15) is 24.8 Å². The predicted octanol–water partition coefficient (Wildman–Crippen LogP) is 3.03. The number of methoxy groups -OCH3 is 1. The topological polar surface area (TPSA) is 24.5 Å². The van der Waals surface area contributed by atoms with Crippen molar-refractivity contribution >= 4 is 15.9 Å². The highest BCUT2D eigenvalue weighted by Crippen LogP contribution is 2.39. The average molecular weight is 339 g/mol. The molecule has 110 valence electrons. The molecule has 20 heavy (non-hydrogen) atoms. The van der Waals surface area contributed by atoms with E-state index in [1.807, 2.05) is 0 Å². The van der Waals surface area contributed by atoms with Crippen molar-refractivity contribution in [2.45, 2.75) is 25.8 Å². The lowest BCUT2D eigenvalue weighted by Gasteiger charge is -2.34. The molecule has 1 spiro atoms. The predicted molar refractivity (Wildman–Crippen MR) is 85.1 cm³/mol. The summed E-state index contributed by atoms with van der Waals surface area (Å²) in [5.74, 6) is 0.991. The lowest BCUT2D eigenvalue weighted by molar-refractivity contribution is 0.193. The first-order chi connectivity index (χ1) is 9.71. The Morgan fingerprint density at radius 2 is 2.10 bits per heavy atom. The molecule has 0 saturated carbocycles. The van der Waals surface area contributed by atoms with Crippen LogP contribution < -0.4 is 10.1 Å². The molecule has 2 aliphatic rings. The van der Waals surface area contributed by atoms with E-state index < -0.39 is 0 Å². The first-order valence-corrected chi connectivity index (χ1v) is 8.26. The van der Waals surface area contributed by atoms with Gasteiger partial charge >= 0.3 is 0 Å². The number of rotatable bonds is 3. The number of piperidine rings is 1. The van der Waals surface area contributed by atoms with Crippen LogP contribution in [0.5, 0.6) is 5.75 Å². The molecule has 1 aromatic rings. The van der Waals surface area contributed by atoms with Gasteiger partial charge in [-0.1, -0.05) is 22.0 Å². The number of benzene rings is 1. The van der Waals surface area contributed by atoms with Crippen molar-refractivity contribution in [1.82, 2.24) is 10.2 Å². The van der Waals surface area contributed by atoms with Crippen LogP contribution >= 0.6 is 15.9 Å². The highest BCUT2D eigenvalue weighted by molar-refractivity contribution is 9.10. The minimum absolute atomic E-state index is 0.577. The van der Waals surface area contributed by atoms with Crippen molar-refractivity contribution in [3.63, 3.8) is 0 Å². The molecule has 0 amide bonds. The lowest BCUT2D eigenvalue weighted by Crippen LogP contribution is -2.38. The second kappa shape index (κ2) is 6.04. The van der Waals surface area contributed by atoms with Gasteiger partial charge in [-0.25, -0.2) is 0 Å². The molecular weight excluding hydrogens is 316 g/mol. The summed E-state index contributed by atoms with van der Waals surface area (Å²) in [5.41, 5.74) is 1.87. The van der Waals surface area contributed by atoms with E-state index >= 15 is 0 Å². The standard InChI is InChI=1S/C16H23BrN2O/c1-20-15-10-14(17)3-2-13(15)11-19-9-6-16(12-19)4-7-18-8-5-16/h2-3,10,18H,4-9,11-12H2,1H3. The zero-order chi connectivity index (χ0) is 14.0. The molecule has 1 aromatic carbocycles. The van der Waals surface area contributed by atoms with E-state index in [9.17, 15) is 0 Å². The smallest absolute Gasteiger partial charge is 0.124 e.